The molecule has 2 unspecified atom stereocenters. The number of rotatable bonds is 11. The lowest BCUT2D eigenvalue weighted by Crippen LogP contribution is -2.47. The van der Waals surface area contributed by atoms with Crippen molar-refractivity contribution in [3.05, 3.63) is 82.8 Å². The van der Waals surface area contributed by atoms with E-state index in [0.717, 1.165) is 43.0 Å². The Morgan fingerprint density at radius 1 is 0.881 bits per heavy atom. The standard InChI is InChI=1S/C33H39N5O2P2/c1-41-39-32-31(35-24-36-33(32)40-42-2)18-30(23-38-21-28(19-34)22-38)29-14-12-26(13-15-29)7-6-25-8-10-27(11-9-25)20-37-16-4-3-5-17-37/h8-15,24,28,30,41-42H,3-5,16-18,20-23H2,1-2H3/t30-/m1/s1. The Labute approximate surface area is 253 Å². The van der Waals surface area contributed by atoms with Gasteiger partial charge in [0.2, 0.25) is 5.75 Å². The zero-order valence-electron chi connectivity index (χ0n) is 24.5. The largest absolute Gasteiger partial charge is 0.470 e. The molecule has 218 valence electrons. The van der Waals surface area contributed by atoms with Crippen LogP contribution in [0.2, 0.25) is 0 Å². The molecule has 42 heavy (non-hydrogen) atoms. The van der Waals surface area contributed by atoms with Gasteiger partial charge in [0.05, 0.1) is 35.3 Å². The Bertz CT molecular complexity index is 1400. The minimum absolute atomic E-state index is 0.118. The normalized spacial score (nSPS) is 17.1. The molecule has 0 amide bonds. The van der Waals surface area contributed by atoms with Crippen LogP contribution in [0.15, 0.2) is 54.9 Å². The summed E-state index contributed by atoms with van der Waals surface area (Å²) in [7, 11) is 0.534. The minimum atomic E-state index is 0.118. The van der Waals surface area contributed by atoms with Gasteiger partial charge in [-0.15, -0.1) is 0 Å². The van der Waals surface area contributed by atoms with Crippen molar-refractivity contribution in [3.63, 3.8) is 0 Å². The van der Waals surface area contributed by atoms with Gasteiger partial charge in [-0.1, -0.05) is 42.5 Å². The zero-order chi connectivity index (χ0) is 29.1. The average Bonchev–Trinajstić information content (AvgIpc) is 3.00. The highest BCUT2D eigenvalue weighted by molar-refractivity contribution is 7.32. The van der Waals surface area contributed by atoms with Crippen LogP contribution in [-0.4, -0.2) is 65.8 Å². The van der Waals surface area contributed by atoms with E-state index in [9.17, 15) is 5.26 Å². The fourth-order valence-corrected chi connectivity index (χ4v) is 6.34. The molecular formula is C33H39N5O2P2. The summed E-state index contributed by atoms with van der Waals surface area (Å²) in [5.74, 6) is 8.11. The van der Waals surface area contributed by atoms with E-state index < -0.39 is 0 Å². The summed E-state index contributed by atoms with van der Waals surface area (Å²) in [6.45, 7) is 9.85. The summed E-state index contributed by atoms with van der Waals surface area (Å²) in [5, 5.41) is 9.27. The minimum Gasteiger partial charge on any atom is -0.470 e. The number of benzene rings is 2. The average molecular weight is 600 g/mol. The second-order valence-corrected chi connectivity index (χ2v) is 12.1. The number of piperidine rings is 1. The smallest absolute Gasteiger partial charge is 0.263 e. The van der Waals surface area contributed by atoms with Gasteiger partial charge in [-0.25, -0.2) is 4.98 Å². The fourth-order valence-electron chi connectivity index (χ4n) is 5.60. The molecule has 1 aromatic heterocycles. The number of hydrogen-bond acceptors (Lipinski definition) is 7. The van der Waals surface area contributed by atoms with Crippen LogP contribution in [0, 0.1) is 29.1 Å². The molecule has 0 spiro atoms. The van der Waals surface area contributed by atoms with Crippen LogP contribution in [0.1, 0.15) is 53.1 Å². The fraction of sp³-hybridized carbons (Fsp3) is 0.424. The predicted octanol–water partition coefficient (Wildman–Crippen LogP) is 5.85. The van der Waals surface area contributed by atoms with Gasteiger partial charge >= 0.3 is 0 Å². The van der Waals surface area contributed by atoms with Crippen LogP contribution < -0.4 is 9.05 Å². The molecule has 5 rings (SSSR count). The zero-order valence-corrected chi connectivity index (χ0v) is 26.5. The Hall–Kier alpha value is -3.05. The van der Waals surface area contributed by atoms with Gasteiger partial charge < -0.3 is 13.9 Å². The maximum Gasteiger partial charge on any atom is 0.263 e. The van der Waals surface area contributed by atoms with E-state index in [4.69, 9.17) is 9.05 Å². The molecule has 2 fully saturated rings. The van der Waals surface area contributed by atoms with Crippen molar-refractivity contribution in [2.75, 3.05) is 46.1 Å². The Morgan fingerprint density at radius 2 is 1.55 bits per heavy atom. The van der Waals surface area contributed by atoms with E-state index in [2.05, 4.69) is 86.2 Å². The molecule has 0 aliphatic carbocycles. The first-order valence-corrected chi connectivity index (χ1v) is 17.5. The highest BCUT2D eigenvalue weighted by Crippen LogP contribution is 2.37. The van der Waals surface area contributed by atoms with Crippen LogP contribution in [-0.2, 0) is 13.0 Å². The molecule has 2 aliphatic heterocycles. The third-order valence-electron chi connectivity index (χ3n) is 7.85. The van der Waals surface area contributed by atoms with Gasteiger partial charge in [-0.2, -0.15) is 10.2 Å². The van der Waals surface area contributed by atoms with Crippen LogP contribution in [0.5, 0.6) is 11.6 Å². The topological polar surface area (TPSA) is 74.5 Å². The summed E-state index contributed by atoms with van der Waals surface area (Å²) in [4.78, 5) is 13.8. The van der Waals surface area contributed by atoms with Crippen LogP contribution in [0.4, 0.5) is 0 Å². The second kappa shape index (κ2) is 15.4. The predicted molar refractivity (Wildman–Crippen MR) is 172 cm³/mol. The molecular weight excluding hydrogens is 560 g/mol. The first-order chi connectivity index (χ1) is 20.6. The third-order valence-corrected chi connectivity index (χ3v) is 8.65. The van der Waals surface area contributed by atoms with Crippen molar-refractivity contribution < 1.29 is 9.05 Å². The van der Waals surface area contributed by atoms with Crippen molar-refractivity contribution >= 4 is 17.6 Å². The molecule has 0 saturated carbocycles. The number of likely N-dealkylation sites (tertiary alicyclic amines) is 2. The molecule has 9 heteroatoms. The van der Waals surface area contributed by atoms with E-state index in [1.54, 1.807) is 6.33 Å². The SMILES string of the molecule is CPOc1ncnc(C[C@H](CN2CC(C#N)C2)c2ccc(C#Cc3ccc(CN4CCCCC4)cc3)cc2)c1OPC. The maximum absolute atomic E-state index is 9.27. The molecule has 2 aromatic carbocycles. The first-order valence-electron chi connectivity index (χ1n) is 14.7. The molecule has 0 radical (unpaired) electrons. The van der Waals surface area contributed by atoms with E-state index in [0.29, 0.717) is 18.1 Å². The van der Waals surface area contributed by atoms with E-state index in [1.165, 1.54) is 43.5 Å². The molecule has 0 N–H and O–H groups in total. The Morgan fingerprint density at radius 3 is 2.19 bits per heavy atom. The van der Waals surface area contributed by atoms with E-state index in [-0.39, 0.29) is 29.5 Å². The van der Waals surface area contributed by atoms with Crippen LogP contribution in [0.25, 0.3) is 0 Å². The summed E-state index contributed by atoms with van der Waals surface area (Å²) in [6, 6.07) is 19.6. The maximum atomic E-state index is 9.27. The number of nitriles is 1. The summed E-state index contributed by atoms with van der Waals surface area (Å²) in [6.07, 6.45) is 6.23. The number of aromatic nitrogens is 2. The second-order valence-electron chi connectivity index (χ2n) is 10.9. The Balaban J connectivity index is 1.29. The molecule has 0 bridgehead atoms. The number of nitrogens with zero attached hydrogens (tertiary/aromatic N) is 5. The molecule has 3 atom stereocenters. The molecule has 2 saturated heterocycles. The summed E-state index contributed by atoms with van der Waals surface area (Å²) >= 11 is 0. The highest BCUT2D eigenvalue weighted by atomic mass is 31.1. The summed E-state index contributed by atoms with van der Waals surface area (Å²) < 4.78 is 11.8. The van der Waals surface area contributed by atoms with Crippen molar-refractivity contribution in [2.24, 2.45) is 5.92 Å². The first kappa shape index (κ1) is 30.4. The monoisotopic (exact) mass is 599 g/mol. The summed E-state index contributed by atoms with van der Waals surface area (Å²) in [5.41, 5.74) is 5.43. The van der Waals surface area contributed by atoms with Gasteiger partial charge in [0.15, 0.2) is 0 Å². The molecule has 3 heterocycles. The van der Waals surface area contributed by atoms with Crippen molar-refractivity contribution in [2.45, 2.75) is 38.1 Å². The van der Waals surface area contributed by atoms with Gasteiger partial charge in [0, 0.05) is 49.6 Å². The van der Waals surface area contributed by atoms with Gasteiger partial charge in [0.25, 0.3) is 5.88 Å². The third kappa shape index (κ3) is 8.28. The van der Waals surface area contributed by atoms with Gasteiger partial charge in [-0.05, 0) is 74.7 Å². The molecule has 2 aliphatic rings. The van der Waals surface area contributed by atoms with E-state index >= 15 is 0 Å². The number of hydrogen-bond donors (Lipinski definition) is 0. The Kier molecular flexibility index (Phi) is 11.2. The highest BCUT2D eigenvalue weighted by Gasteiger charge is 2.30. The molecule has 7 nitrogen and oxygen atoms in total. The van der Waals surface area contributed by atoms with Crippen LogP contribution >= 0.6 is 17.6 Å². The lowest BCUT2D eigenvalue weighted by Gasteiger charge is -2.38. The molecule has 3 aromatic rings. The van der Waals surface area contributed by atoms with Crippen molar-refractivity contribution in [1.29, 1.82) is 5.26 Å². The quantitative estimate of drug-likeness (QED) is 0.202. The van der Waals surface area contributed by atoms with Gasteiger partial charge in [-0.3, -0.25) is 4.90 Å². The lowest BCUT2D eigenvalue weighted by molar-refractivity contribution is 0.125. The van der Waals surface area contributed by atoms with E-state index in [1.807, 2.05) is 13.3 Å². The van der Waals surface area contributed by atoms with Crippen LogP contribution in [0.3, 0.4) is 0 Å². The van der Waals surface area contributed by atoms with Gasteiger partial charge in [0.1, 0.15) is 6.33 Å². The van der Waals surface area contributed by atoms with Crippen molar-refractivity contribution in [3.8, 4) is 29.5 Å². The lowest BCUT2D eigenvalue weighted by atomic mass is 9.90. The van der Waals surface area contributed by atoms with Crippen molar-refractivity contribution in [1.82, 2.24) is 19.8 Å².